The number of amides is 1. The van der Waals surface area contributed by atoms with E-state index in [9.17, 15) is 4.79 Å². The summed E-state index contributed by atoms with van der Waals surface area (Å²) < 4.78 is 11.1. The van der Waals surface area contributed by atoms with E-state index >= 15 is 0 Å². The lowest BCUT2D eigenvalue weighted by molar-refractivity contribution is 0.0600. The first-order chi connectivity index (χ1) is 11.7. The van der Waals surface area contributed by atoms with Crippen LogP contribution in [0, 0.1) is 0 Å². The van der Waals surface area contributed by atoms with E-state index in [2.05, 4.69) is 43.6 Å². The standard InChI is InChI=1S/C13H17BrN2O.C5H11NO2/c1-2-7-17-8-3-4-13-15-11-6-5-10(14)9-12(11)16-13;1-5(2,3)8-4(6)7/h5-6,9H,2-4,7-8H2,1H3,(H,15,16);1-3H3,(H2,6,7). The molecule has 3 N–H and O–H groups in total. The van der Waals surface area contributed by atoms with Crippen LogP contribution < -0.4 is 5.73 Å². The average Bonchev–Trinajstić information content (AvgIpc) is 2.87. The zero-order valence-electron chi connectivity index (χ0n) is 15.4. The fraction of sp³-hybridized carbons (Fsp3) is 0.556. The van der Waals surface area contributed by atoms with Crippen LogP contribution in [0.2, 0.25) is 0 Å². The molecule has 0 fully saturated rings. The summed E-state index contributed by atoms with van der Waals surface area (Å²) in [5, 5.41) is 0. The molecular formula is C18H28BrN3O3. The zero-order chi connectivity index (χ0) is 18.9. The van der Waals surface area contributed by atoms with Crippen molar-refractivity contribution in [3.8, 4) is 0 Å². The Kier molecular flexibility index (Phi) is 8.92. The minimum absolute atomic E-state index is 0.453. The molecule has 2 aromatic rings. The lowest BCUT2D eigenvalue weighted by Crippen LogP contribution is -2.27. The third-order valence-corrected chi connectivity index (χ3v) is 3.44. The van der Waals surface area contributed by atoms with E-state index in [1.165, 1.54) is 0 Å². The fourth-order valence-corrected chi connectivity index (χ4v) is 2.40. The summed E-state index contributed by atoms with van der Waals surface area (Å²) in [5.41, 5.74) is 6.38. The molecule has 6 nitrogen and oxygen atoms in total. The number of nitrogens with two attached hydrogens (primary N) is 1. The molecule has 0 aliphatic heterocycles. The summed E-state index contributed by atoms with van der Waals surface area (Å²) in [4.78, 5) is 17.9. The van der Waals surface area contributed by atoms with Gasteiger partial charge >= 0.3 is 6.09 Å². The molecule has 25 heavy (non-hydrogen) atoms. The number of nitrogens with zero attached hydrogens (tertiary/aromatic N) is 1. The van der Waals surface area contributed by atoms with Crippen molar-refractivity contribution < 1.29 is 14.3 Å². The van der Waals surface area contributed by atoms with Crippen molar-refractivity contribution in [3.05, 3.63) is 28.5 Å². The normalized spacial score (nSPS) is 11.1. The van der Waals surface area contributed by atoms with Crippen LogP contribution in [0.1, 0.15) is 46.4 Å². The van der Waals surface area contributed by atoms with Crippen LogP contribution in [-0.2, 0) is 15.9 Å². The number of carbonyl (C=O) groups is 1. The van der Waals surface area contributed by atoms with Crippen molar-refractivity contribution >= 4 is 33.1 Å². The van der Waals surface area contributed by atoms with Gasteiger partial charge in [-0.3, -0.25) is 0 Å². The Morgan fingerprint density at radius 1 is 1.32 bits per heavy atom. The van der Waals surface area contributed by atoms with Crippen LogP contribution in [0.5, 0.6) is 0 Å². The van der Waals surface area contributed by atoms with Gasteiger partial charge in [-0.15, -0.1) is 0 Å². The quantitative estimate of drug-likeness (QED) is 0.678. The Morgan fingerprint density at radius 2 is 2.04 bits per heavy atom. The van der Waals surface area contributed by atoms with E-state index in [-0.39, 0.29) is 0 Å². The molecule has 1 heterocycles. The lowest BCUT2D eigenvalue weighted by Gasteiger charge is -2.16. The van der Waals surface area contributed by atoms with Gasteiger partial charge in [0.15, 0.2) is 0 Å². The summed E-state index contributed by atoms with van der Waals surface area (Å²) in [6, 6.07) is 6.09. The monoisotopic (exact) mass is 413 g/mol. The molecule has 2 rings (SSSR count). The van der Waals surface area contributed by atoms with Crippen LogP contribution in [0.15, 0.2) is 22.7 Å². The highest BCUT2D eigenvalue weighted by Gasteiger charge is 2.12. The first-order valence-electron chi connectivity index (χ1n) is 8.41. The Morgan fingerprint density at radius 3 is 2.60 bits per heavy atom. The molecule has 1 aromatic carbocycles. The van der Waals surface area contributed by atoms with Crippen LogP contribution in [0.3, 0.4) is 0 Å². The van der Waals surface area contributed by atoms with Crippen molar-refractivity contribution in [2.24, 2.45) is 5.73 Å². The Bertz CT molecular complexity index is 665. The summed E-state index contributed by atoms with van der Waals surface area (Å²) in [7, 11) is 0. The number of rotatable bonds is 6. The summed E-state index contributed by atoms with van der Waals surface area (Å²) in [5.74, 6) is 1.04. The minimum Gasteiger partial charge on any atom is -0.444 e. The van der Waals surface area contributed by atoms with E-state index in [0.717, 1.165) is 53.8 Å². The van der Waals surface area contributed by atoms with Crippen molar-refractivity contribution in [2.75, 3.05) is 13.2 Å². The first-order valence-corrected chi connectivity index (χ1v) is 9.21. The Balaban J connectivity index is 0.000000333. The van der Waals surface area contributed by atoms with E-state index in [0.29, 0.717) is 0 Å². The van der Waals surface area contributed by atoms with Gasteiger partial charge in [0.2, 0.25) is 0 Å². The Hall–Kier alpha value is -1.60. The largest absolute Gasteiger partial charge is 0.444 e. The third kappa shape index (κ3) is 9.45. The molecule has 0 saturated heterocycles. The highest BCUT2D eigenvalue weighted by Crippen LogP contribution is 2.18. The van der Waals surface area contributed by atoms with Gasteiger partial charge in [-0.2, -0.15) is 0 Å². The highest BCUT2D eigenvalue weighted by atomic mass is 79.9. The minimum atomic E-state index is -0.725. The summed E-state index contributed by atoms with van der Waals surface area (Å²) in [6.07, 6.45) is 2.31. The molecule has 0 unspecified atom stereocenters. The van der Waals surface area contributed by atoms with E-state index in [4.69, 9.17) is 10.5 Å². The van der Waals surface area contributed by atoms with Crippen LogP contribution in [0.25, 0.3) is 11.0 Å². The first kappa shape index (κ1) is 21.4. The number of ether oxygens (including phenoxy) is 2. The molecule has 0 radical (unpaired) electrons. The van der Waals surface area contributed by atoms with E-state index in [1.807, 2.05) is 12.1 Å². The number of halogens is 1. The molecule has 0 saturated carbocycles. The highest BCUT2D eigenvalue weighted by molar-refractivity contribution is 9.10. The molecule has 0 aliphatic carbocycles. The maximum absolute atomic E-state index is 10.0. The van der Waals surface area contributed by atoms with E-state index in [1.54, 1.807) is 20.8 Å². The molecule has 0 spiro atoms. The van der Waals surface area contributed by atoms with Crippen molar-refractivity contribution in [2.45, 2.75) is 52.6 Å². The second-order valence-electron chi connectivity index (χ2n) is 6.59. The number of imidazole rings is 1. The number of aromatic amines is 1. The number of aryl methyl sites for hydroxylation is 1. The molecule has 1 aromatic heterocycles. The zero-order valence-corrected chi connectivity index (χ0v) is 17.0. The second-order valence-corrected chi connectivity index (χ2v) is 7.51. The lowest BCUT2D eigenvalue weighted by atomic mass is 10.2. The van der Waals surface area contributed by atoms with Crippen molar-refractivity contribution in [3.63, 3.8) is 0 Å². The Labute approximate surface area is 157 Å². The topological polar surface area (TPSA) is 90.2 Å². The van der Waals surface area contributed by atoms with Crippen LogP contribution in [0.4, 0.5) is 4.79 Å². The number of benzene rings is 1. The van der Waals surface area contributed by atoms with Gasteiger partial charge in [0.05, 0.1) is 11.0 Å². The van der Waals surface area contributed by atoms with E-state index < -0.39 is 11.7 Å². The summed E-state index contributed by atoms with van der Waals surface area (Å²) >= 11 is 3.45. The van der Waals surface area contributed by atoms with Gasteiger partial charge in [0, 0.05) is 24.1 Å². The number of primary amides is 1. The second kappa shape index (κ2) is 10.4. The molecule has 7 heteroatoms. The molecule has 1 amide bonds. The van der Waals surface area contributed by atoms with Gasteiger partial charge in [0.1, 0.15) is 11.4 Å². The summed E-state index contributed by atoms with van der Waals surface area (Å²) in [6.45, 7) is 9.08. The van der Waals surface area contributed by atoms with Gasteiger partial charge in [-0.05, 0) is 51.8 Å². The predicted molar refractivity (Wildman–Crippen MR) is 104 cm³/mol. The fourth-order valence-electron chi connectivity index (χ4n) is 2.04. The number of nitrogens with one attached hydrogen (secondary N) is 1. The molecule has 140 valence electrons. The molecule has 0 bridgehead atoms. The predicted octanol–water partition coefficient (Wildman–Crippen LogP) is 4.56. The van der Waals surface area contributed by atoms with Gasteiger partial charge in [-0.25, -0.2) is 9.78 Å². The number of H-pyrrole nitrogens is 1. The van der Waals surface area contributed by atoms with Crippen molar-refractivity contribution in [1.29, 1.82) is 0 Å². The molecule has 0 atom stereocenters. The van der Waals surface area contributed by atoms with Gasteiger partial charge in [-0.1, -0.05) is 22.9 Å². The SMILES string of the molecule is CC(C)(C)OC(N)=O.CCCOCCCc1nc2ccc(Br)cc2[nH]1. The maximum Gasteiger partial charge on any atom is 0.405 e. The van der Waals surface area contributed by atoms with Crippen molar-refractivity contribution in [1.82, 2.24) is 9.97 Å². The maximum atomic E-state index is 10.0. The van der Waals surface area contributed by atoms with Crippen LogP contribution in [-0.4, -0.2) is 34.9 Å². The van der Waals surface area contributed by atoms with Gasteiger partial charge in [0.25, 0.3) is 0 Å². The van der Waals surface area contributed by atoms with Crippen LogP contribution >= 0.6 is 15.9 Å². The van der Waals surface area contributed by atoms with Gasteiger partial charge < -0.3 is 20.2 Å². The molecular weight excluding hydrogens is 386 g/mol. The molecule has 0 aliphatic rings. The number of fused-ring (bicyclic) bond motifs is 1. The third-order valence-electron chi connectivity index (χ3n) is 2.95. The number of hydrogen-bond acceptors (Lipinski definition) is 4. The number of carbonyl (C=O) groups excluding carboxylic acids is 1. The smallest absolute Gasteiger partial charge is 0.405 e. The number of hydrogen-bond donors (Lipinski definition) is 2. The number of aromatic nitrogens is 2. The average molecular weight is 414 g/mol.